The van der Waals surface area contributed by atoms with Gasteiger partial charge < -0.3 is 4.90 Å². The highest BCUT2D eigenvalue weighted by Gasteiger charge is 2.20. The molecule has 1 aliphatic rings. The van der Waals surface area contributed by atoms with E-state index in [1.54, 1.807) is 11.1 Å². The van der Waals surface area contributed by atoms with Crippen LogP contribution in [-0.4, -0.2) is 34.7 Å². The Hall–Kier alpha value is -1.71. The zero-order valence-electron chi connectivity index (χ0n) is 10.5. The van der Waals surface area contributed by atoms with Crippen LogP contribution in [-0.2, 0) is 16.0 Å². The second-order valence-electron chi connectivity index (χ2n) is 4.67. The van der Waals surface area contributed by atoms with E-state index < -0.39 is 0 Å². The first-order valence-electron chi connectivity index (χ1n) is 6.44. The Kier molecular flexibility index (Phi) is 4.45. The molecule has 1 fully saturated rings. The molecular formula is C14H18N2O2. The summed E-state index contributed by atoms with van der Waals surface area (Å²) >= 11 is 0. The Morgan fingerprint density at radius 2 is 2.33 bits per heavy atom. The van der Waals surface area contributed by atoms with Crippen LogP contribution in [0, 0.1) is 0 Å². The Morgan fingerprint density at radius 3 is 3.06 bits per heavy atom. The first kappa shape index (κ1) is 12.7. The maximum Gasteiger partial charge on any atom is 0.222 e. The fourth-order valence-corrected chi connectivity index (χ4v) is 2.20. The molecule has 0 radical (unpaired) electrons. The topological polar surface area (TPSA) is 50.3 Å². The first-order valence-corrected chi connectivity index (χ1v) is 6.44. The van der Waals surface area contributed by atoms with E-state index in [2.05, 4.69) is 4.98 Å². The molecule has 1 amide bonds. The van der Waals surface area contributed by atoms with Gasteiger partial charge in [-0.1, -0.05) is 6.07 Å². The van der Waals surface area contributed by atoms with Gasteiger partial charge in [-0.25, -0.2) is 0 Å². The van der Waals surface area contributed by atoms with Gasteiger partial charge in [0.15, 0.2) is 5.78 Å². The smallest absolute Gasteiger partial charge is 0.222 e. The number of nitrogens with zero attached hydrogens (tertiary/aromatic N) is 2. The molecule has 0 atom stereocenters. The van der Waals surface area contributed by atoms with Crippen molar-refractivity contribution in [3.05, 3.63) is 30.1 Å². The van der Waals surface area contributed by atoms with E-state index in [9.17, 15) is 9.59 Å². The molecule has 0 saturated carbocycles. The molecule has 18 heavy (non-hydrogen) atoms. The lowest BCUT2D eigenvalue weighted by Crippen LogP contribution is -2.40. The number of likely N-dealkylation sites (tertiary alicyclic amines) is 1. The third-order valence-electron chi connectivity index (χ3n) is 3.18. The van der Waals surface area contributed by atoms with Crippen LogP contribution in [0.5, 0.6) is 0 Å². The van der Waals surface area contributed by atoms with E-state index in [1.807, 2.05) is 18.3 Å². The summed E-state index contributed by atoms with van der Waals surface area (Å²) in [5.41, 5.74) is 1.15. The summed E-state index contributed by atoms with van der Waals surface area (Å²) in [6, 6.07) is 3.92. The summed E-state index contributed by atoms with van der Waals surface area (Å²) in [6.45, 7) is 1.04. The summed E-state index contributed by atoms with van der Waals surface area (Å²) < 4.78 is 0. The van der Waals surface area contributed by atoms with Crippen molar-refractivity contribution >= 4 is 11.7 Å². The standard InChI is InChI=1S/C14H18N2O2/c17-13-6-3-9-16(11-13)14(18)7-1-4-12-5-2-8-15-10-12/h2,5,8,10H,1,3-4,6-7,9,11H2. The zero-order valence-corrected chi connectivity index (χ0v) is 10.5. The minimum Gasteiger partial charge on any atom is -0.335 e. The molecule has 0 spiro atoms. The number of rotatable bonds is 4. The number of carbonyl (C=O) groups excluding carboxylic acids is 2. The molecule has 4 heteroatoms. The third kappa shape index (κ3) is 3.65. The van der Waals surface area contributed by atoms with Crippen molar-refractivity contribution in [3.63, 3.8) is 0 Å². The molecule has 96 valence electrons. The minimum atomic E-state index is 0.104. The van der Waals surface area contributed by atoms with Crippen LogP contribution >= 0.6 is 0 Å². The van der Waals surface area contributed by atoms with Crippen LogP contribution in [0.15, 0.2) is 24.5 Å². The second-order valence-corrected chi connectivity index (χ2v) is 4.67. The van der Waals surface area contributed by atoms with Gasteiger partial charge in [0, 0.05) is 31.8 Å². The van der Waals surface area contributed by atoms with Gasteiger partial charge in [0.1, 0.15) is 0 Å². The van der Waals surface area contributed by atoms with Crippen molar-refractivity contribution in [3.8, 4) is 0 Å². The summed E-state index contributed by atoms with van der Waals surface area (Å²) in [7, 11) is 0. The molecule has 0 N–H and O–H groups in total. The Morgan fingerprint density at radius 1 is 1.44 bits per heavy atom. The van der Waals surface area contributed by atoms with Crippen LogP contribution in [0.3, 0.4) is 0 Å². The highest BCUT2D eigenvalue weighted by Crippen LogP contribution is 2.10. The Balaban J connectivity index is 1.73. The first-order chi connectivity index (χ1) is 8.75. The van der Waals surface area contributed by atoms with Crippen LogP contribution < -0.4 is 0 Å². The van der Waals surface area contributed by atoms with Crippen molar-refractivity contribution in [1.82, 2.24) is 9.88 Å². The lowest BCUT2D eigenvalue weighted by Gasteiger charge is -2.25. The summed E-state index contributed by atoms with van der Waals surface area (Å²) in [5.74, 6) is 0.286. The number of hydrogen-bond acceptors (Lipinski definition) is 3. The Labute approximate surface area is 107 Å². The number of aromatic nitrogens is 1. The van der Waals surface area contributed by atoms with E-state index >= 15 is 0 Å². The van der Waals surface area contributed by atoms with Crippen LogP contribution in [0.1, 0.15) is 31.2 Å². The largest absolute Gasteiger partial charge is 0.335 e. The van der Waals surface area contributed by atoms with E-state index in [-0.39, 0.29) is 11.7 Å². The average molecular weight is 246 g/mol. The quantitative estimate of drug-likeness (QED) is 0.810. The molecule has 2 heterocycles. The molecule has 1 aliphatic heterocycles. The van der Waals surface area contributed by atoms with Crippen molar-refractivity contribution < 1.29 is 9.59 Å². The van der Waals surface area contributed by atoms with Gasteiger partial charge in [-0.2, -0.15) is 0 Å². The summed E-state index contributed by atoms with van der Waals surface area (Å²) in [5, 5.41) is 0. The van der Waals surface area contributed by atoms with Gasteiger partial charge in [0.25, 0.3) is 0 Å². The van der Waals surface area contributed by atoms with Gasteiger partial charge in [-0.3, -0.25) is 14.6 Å². The molecule has 1 aromatic rings. The lowest BCUT2D eigenvalue weighted by atomic mass is 10.1. The van der Waals surface area contributed by atoms with Gasteiger partial charge in [-0.05, 0) is 30.9 Å². The molecular weight excluding hydrogens is 228 g/mol. The summed E-state index contributed by atoms with van der Waals surface area (Å²) in [4.78, 5) is 28.9. The van der Waals surface area contributed by atoms with Crippen LogP contribution in [0.4, 0.5) is 0 Å². The van der Waals surface area contributed by atoms with E-state index in [1.165, 1.54) is 0 Å². The zero-order chi connectivity index (χ0) is 12.8. The van der Waals surface area contributed by atoms with Crippen LogP contribution in [0.2, 0.25) is 0 Å². The SMILES string of the molecule is O=C1CCCN(C(=O)CCCc2cccnc2)C1. The number of aryl methyl sites for hydroxylation is 1. The number of piperidine rings is 1. The summed E-state index contributed by atoms with van der Waals surface area (Å²) in [6.07, 6.45) is 7.20. The lowest BCUT2D eigenvalue weighted by molar-refractivity contribution is -0.137. The fraction of sp³-hybridized carbons (Fsp3) is 0.500. The van der Waals surface area contributed by atoms with Crippen molar-refractivity contribution in [1.29, 1.82) is 0 Å². The van der Waals surface area contributed by atoms with Crippen molar-refractivity contribution in [2.75, 3.05) is 13.1 Å². The molecule has 0 bridgehead atoms. The molecule has 4 nitrogen and oxygen atoms in total. The normalized spacial score (nSPS) is 15.8. The van der Waals surface area contributed by atoms with Gasteiger partial charge in [0.2, 0.25) is 5.91 Å². The average Bonchev–Trinajstić information content (AvgIpc) is 2.40. The molecule has 2 rings (SSSR count). The number of Topliss-reactive ketones (excluding diaryl/α,β-unsaturated/α-hetero) is 1. The van der Waals surface area contributed by atoms with E-state index in [0.29, 0.717) is 19.4 Å². The Bertz CT molecular complexity index is 417. The number of ketones is 1. The van der Waals surface area contributed by atoms with E-state index in [0.717, 1.165) is 31.4 Å². The molecule has 0 aromatic carbocycles. The highest BCUT2D eigenvalue weighted by molar-refractivity contribution is 5.87. The monoisotopic (exact) mass is 246 g/mol. The van der Waals surface area contributed by atoms with E-state index in [4.69, 9.17) is 0 Å². The second kappa shape index (κ2) is 6.28. The van der Waals surface area contributed by atoms with Crippen molar-refractivity contribution in [2.24, 2.45) is 0 Å². The van der Waals surface area contributed by atoms with Gasteiger partial charge in [-0.15, -0.1) is 0 Å². The minimum absolute atomic E-state index is 0.104. The number of hydrogen-bond donors (Lipinski definition) is 0. The van der Waals surface area contributed by atoms with Gasteiger partial charge >= 0.3 is 0 Å². The number of amides is 1. The fourth-order valence-electron chi connectivity index (χ4n) is 2.20. The molecule has 0 unspecified atom stereocenters. The van der Waals surface area contributed by atoms with Crippen LogP contribution in [0.25, 0.3) is 0 Å². The molecule has 0 aliphatic carbocycles. The maximum absolute atomic E-state index is 11.9. The molecule has 1 saturated heterocycles. The highest BCUT2D eigenvalue weighted by atomic mass is 16.2. The predicted molar refractivity (Wildman–Crippen MR) is 68.0 cm³/mol. The van der Waals surface area contributed by atoms with Crippen molar-refractivity contribution in [2.45, 2.75) is 32.1 Å². The number of carbonyl (C=O) groups is 2. The number of pyridine rings is 1. The third-order valence-corrected chi connectivity index (χ3v) is 3.18. The van der Waals surface area contributed by atoms with Gasteiger partial charge in [0.05, 0.1) is 6.54 Å². The molecule has 1 aromatic heterocycles. The predicted octanol–water partition coefficient (Wildman–Crippen LogP) is 1.60. The maximum atomic E-state index is 11.9.